The molecule has 0 spiro atoms. The van der Waals surface area contributed by atoms with Crippen molar-refractivity contribution in [3.05, 3.63) is 54.5 Å². The first-order valence-electron chi connectivity index (χ1n) is 12.2. The number of nitrogens with one attached hydrogen (secondary N) is 1. The second-order valence-electron chi connectivity index (χ2n) is 8.48. The molecule has 3 heterocycles. The lowest BCUT2D eigenvalue weighted by atomic mass is 10.1. The van der Waals surface area contributed by atoms with E-state index in [1.807, 2.05) is 37.3 Å². The number of benzene rings is 1. The summed E-state index contributed by atoms with van der Waals surface area (Å²) in [4.78, 5) is 30.8. The van der Waals surface area contributed by atoms with E-state index in [0.29, 0.717) is 55.7 Å². The highest BCUT2D eigenvalue weighted by molar-refractivity contribution is 5.84. The van der Waals surface area contributed by atoms with Gasteiger partial charge in [-0.25, -0.2) is 4.79 Å². The van der Waals surface area contributed by atoms with Crippen LogP contribution in [0.2, 0.25) is 0 Å². The molecule has 3 aromatic rings. The van der Waals surface area contributed by atoms with E-state index in [1.165, 1.54) is 4.90 Å². The minimum absolute atomic E-state index is 0.0231. The molecule has 11 nitrogen and oxygen atoms in total. The molecule has 196 valence electrons. The van der Waals surface area contributed by atoms with Crippen LogP contribution in [0.15, 0.2) is 53.1 Å². The van der Waals surface area contributed by atoms with Gasteiger partial charge in [0.1, 0.15) is 23.8 Å². The fourth-order valence-electron chi connectivity index (χ4n) is 4.15. The van der Waals surface area contributed by atoms with Crippen LogP contribution in [0.1, 0.15) is 12.7 Å². The molecular weight excluding hydrogens is 476 g/mol. The van der Waals surface area contributed by atoms with Gasteiger partial charge in [-0.2, -0.15) is 0 Å². The Hall–Kier alpha value is -4.28. The van der Waals surface area contributed by atoms with Crippen molar-refractivity contribution in [1.29, 1.82) is 0 Å². The molecule has 4 rings (SSSR count). The summed E-state index contributed by atoms with van der Waals surface area (Å²) in [6, 6.07) is 12.6. The van der Waals surface area contributed by atoms with Crippen molar-refractivity contribution in [3.8, 4) is 22.8 Å². The van der Waals surface area contributed by atoms with E-state index in [2.05, 4.69) is 20.4 Å². The SMILES string of the molecule is CCNC(=O)N(CC(=O)N1CCN(c2ccc(-c3ccc(OC)cc3OC)nn2)CC1)Cc1ccco1. The Balaban J connectivity index is 1.35. The highest BCUT2D eigenvalue weighted by Gasteiger charge is 2.26. The van der Waals surface area contributed by atoms with E-state index in [0.717, 1.165) is 11.4 Å². The Kier molecular flexibility index (Phi) is 8.44. The van der Waals surface area contributed by atoms with Crippen molar-refractivity contribution in [1.82, 2.24) is 25.3 Å². The Bertz CT molecular complexity index is 1180. The average molecular weight is 509 g/mol. The first-order chi connectivity index (χ1) is 18.0. The molecule has 1 aromatic carbocycles. The molecule has 0 bridgehead atoms. The molecule has 1 aliphatic rings. The maximum atomic E-state index is 13.0. The molecule has 37 heavy (non-hydrogen) atoms. The van der Waals surface area contributed by atoms with E-state index in [9.17, 15) is 9.59 Å². The van der Waals surface area contributed by atoms with Gasteiger partial charge in [0.15, 0.2) is 5.82 Å². The Morgan fingerprint density at radius 2 is 1.86 bits per heavy atom. The number of furan rings is 1. The van der Waals surface area contributed by atoms with Gasteiger partial charge in [-0.1, -0.05) is 0 Å². The number of ether oxygens (including phenoxy) is 2. The number of carbonyl (C=O) groups is 2. The first-order valence-corrected chi connectivity index (χ1v) is 12.2. The molecule has 1 saturated heterocycles. The summed E-state index contributed by atoms with van der Waals surface area (Å²) in [7, 11) is 3.21. The molecule has 0 atom stereocenters. The molecule has 0 aliphatic carbocycles. The van der Waals surface area contributed by atoms with Gasteiger partial charge in [0, 0.05) is 44.4 Å². The number of urea groups is 1. The van der Waals surface area contributed by atoms with Crippen molar-refractivity contribution < 1.29 is 23.5 Å². The molecule has 3 amide bonds. The standard InChI is InChI=1S/C26H32N6O5/c1-4-27-26(34)32(17-20-6-5-15-37-20)18-25(33)31-13-11-30(12-14-31)24-10-9-22(28-29-24)21-8-7-19(35-2)16-23(21)36-3/h5-10,15-16H,4,11-14,17-18H2,1-3H3,(H,27,34). The van der Waals surface area contributed by atoms with Gasteiger partial charge in [0.05, 0.1) is 32.7 Å². The first kappa shape index (κ1) is 25.8. The molecule has 1 aliphatic heterocycles. The zero-order valence-electron chi connectivity index (χ0n) is 21.3. The average Bonchev–Trinajstić information content (AvgIpc) is 3.46. The largest absolute Gasteiger partial charge is 0.497 e. The lowest BCUT2D eigenvalue weighted by molar-refractivity contribution is -0.132. The van der Waals surface area contributed by atoms with Crippen LogP contribution in [0.4, 0.5) is 10.6 Å². The summed E-state index contributed by atoms with van der Waals surface area (Å²) in [6.07, 6.45) is 1.55. The van der Waals surface area contributed by atoms with Crippen LogP contribution < -0.4 is 19.7 Å². The van der Waals surface area contributed by atoms with Crippen LogP contribution in [0, 0.1) is 0 Å². The third kappa shape index (κ3) is 6.29. The summed E-state index contributed by atoms with van der Waals surface area (Å²) in [5, 5.41) is 11.6. The summed E-state index contributed by atoms with van der Waals surface area (Å²) in [5.41, 5.74) is 1.52. The third-order valence-corrected chi connectivity index (χ3v) is 6.16. The zero-order chi connectivity index (χ0) is 26.2. The van der Waals surface area contributed by atoms with Crippen LogP contribution in [-0.2, 0) is 11.3 Å². The highest BCUT2D eigenvalue weighted by atomic mass is 16.5. The summed E-state index contributed by atoms with van der Waals surface area (Å²) in [6.45, 7) is 4.81. The molecule has 2 aromatic heterocycles. The minimum atomic E-state index is -0.297. The van der Waals surface area contributed by atoms with E-state index < -0.39 is 0 Å². The Morgan fingerprint density at radius 1 is 1.05 bits per heavy atom. The van der Waals surface area contributed by atoms with Gasteiger partial charge in [-0.15, -0.1) is 10.2 Å². The van der Waals surface area contributed by atoms with Crippen molar-refractivity contribution in [2.24, 2.45) is 0 Å². The number of amides is 3. The Morgan fingerprint density at radius 3 is 2.49 bits per heavy atom. The van der Waals surface area contributed by atoms with E-state index in [4.69, 9.17) is 13.9 Å². The van der Waals surface area contributed by atoms with Crippen LogP contribution in [0.25, 0.3) is 11.3 Å². The number of piperazine rings is 1. The molecule has 11 heteroatoms. The molecule has 0 radical (unpaired) electrons. The lowest BCUT2D eigenvalue weighted by Gasteiger charge is -2.36. The maximum Gasteiger partial charge on any atom is 0.318 e. The molecule has 0 saturated carbocycles. The van der Waals surface area contributed by atoms with Crippen molar-refractivity contribution in [3.63, 3.8) is 0 Å². The fourth-order valence-corrected chi connectivity index (χ4v) is 4.15. The van der Waals surface area contributed by atoms with Crippen LogP contribution in [0.5, 0.6) is 11.5 Å². The van der Waals surface area contributed by atoms with Crippen LogP contribution in [0.3, 0.4) is 0 Å². The number of nitrogens with zero attached hydrogens (tertiary/aromatic N) is 5. The van der Waals surface area contributed by atoms with E-state index in [1.54, 1.807) is 37.5 Å². The van der Waals surface area contributed by atoms with Gasteiger partial charge in [0.2, 0.25) is 5.91 Å². The van der Waals surface area contributed by atoms with Gasteiger partial charge < -0.3 is 33.9 Å². The molecular formula is C26H32N6O5. The molecule has 1 fully saturated rings. The molecule has 1 N–H and O–H groups in total. The summed E-state index contributed by atoms with van der Waals surface area (Å²) >= 11 is 0. The number of rotatable bonds is 9. The summed E-state index contributed by atoms with van der Waals surface area (Å²) < 4.78 is 16.1. The van der Waals surface area contributed by atoms with Gasteiger partial charge >= 0.3 is 6.03 Å². The quantitative estimate of drug-likeness (QED) is 0.469. The normalized spacial score (nSPS) is 13.3. The second-order valence-corrected chi connectivity index (χ2v) is 8.48. The van der Waals surface area contributed by atoms with Gasteiger partial charge in [-0.05, 0) is 43.3 Å². The minimum Gasteiger partial charge on any atom is -0.497 e. The topological polar surface area (TPSA) is 113 Å². The smallest absolute Gasteiger partial charge is 0.318 e. The van der Waals surface area contributed by atoms with E-state index >= 15 is 0 Å². The third-order valence-electron chi connectivity index (χ3n) is 6.16. The van der Waals surface area contributed by atoms with Gasteiger partial charge in [-0.3, -0.25) is 4.79 Å². The predicted molar refractivity (Wildman–Crippen MR) is 138 cm³/mol. The molecule has 0 unspecified atom stereocenters. The predicted octanol–water partition coefficient (Wildman–Crippen LogP) is 2.63. The number of methoxy groups -OCH3 is 2. The number of anilines is 1. The van der Waals surface area contributed by atoms with Crippen molar-refractivity contribution in [2.75, 3.05) is 58.4 Å². The van der Waals surface area contributed by atoms with Crippen LogP contribution in [-0.4, -0.2) is 85.4 Å². The van der Waals surface area contributed by atoms with E-state index in [-0.39, 0.29) is 25.0 Å². The second kappa shape index (κ2) is 12.1. The fraction of sp³-hybridized carbons (Fsp3) is 0.385. The monoisotopic (exact) mass is 508 g/mol. The Labute approximate surface area is 216 Å². The lowest BCUT2D eigenvalue weighted by Crippen LogP contribution is -2.52. The summed E-state index contributed by atoms with van der Waals surface area (Å²) in [5.74, 6) is 2.61. The number of hydrogen-bond acceptors (Lipinski definition) is 8. The van der Waals surface area contributed by atoms with Crippen molar-refractivity contribution >= 4 is 17.8 Å². The maximum absolute atomic E-state index is 13.0. The number of carbonyl (C=O) groups excluding carboxylic acids is 2. The van der Waals surface area contributed by atoms with Gasteiger partial charge in [0.25, 0.3) is 0 Å². The van der Waals surface area contributed by atoms with Crippen LogP contribution >= 0.6 is 0 Å². The zero-order valence-corrected chi connectivity index (χ0v) is 21.3. The highest BCUT2D eigenvalue weighted by Crippen LogP contribution is 2.32. The van der Waals surface area contributed by atoms with Crippen molar-refractivity contribution in [2.45, 2.75) is 13.5 Å². The number of aromatic nitrogens is 2. The number of hydrogen-bond donors (Lipinski definition) is 1.